The Morgan fingerprint density at radius 1 is 1.47 bits per heavy atom. The average molecular weight is 201 g/mol. The maximum atomic E-state index is 4.65. The molecule has 1 N–H and O–H groups in total. The van der Waals surface area contributed by atoms with Crippen molar-refractivity contribution in [2.24, 2.45) is 0 Å². The van der Waals surface area contributed by atoms with Gasteiger partial charge >= 0.3 is 0 Å². The number of aryl methyl sites for hydroxylation is 1. The lowest BCUT2D eigenvalue weighted by atomic mass is 10.1. The van der Waals surface area contributed by atoms with Crippen LogP contribution in [0, 0.1) is 6.92 Å². The highest BCUT2D eigenvalue weighted by molar-refractivity contribution is 5.49. The molecule has 2 aromatic heterocycles. The third kappa shape index (κ3) is 1.43. The lowest BCUT2D eigenvalue weighted by Crippen LogP contribution is -2.13. The minimum absolute atomic E-state index is 0.462. The molecule has 15 heavy (non-hydrogen) atoms. The van der Waals surface area contributed by atoms with Crippen molar-refractivity contribution in [3.8, 4) is 0 Å². The number of nitrogens with zero attached hydrogens (tertiary/aromatic N) is 2. The maximum Gasteiger partial charge on any atom is 0.0804 e. The van der Waals surface area contributed by atoms with Crippen LogP contribution in [0.1, 0.15) is 30.3 Å². The largest absolute Gasteiger partial charge is 0.309 e. The van der Waals surface area contributed by atoms with Crippen molar-refractivity contribution in [1.29, 1.82) is 0 Å². The van der Waals surface area contributed by atoms with Gasteiger partial charge in [-0.25, -0.2) is 4.52 Å². The normalized spacial score (nSPS) is 21.3. The highest BCUT2D eigenvalue weighted by atomic mass is 15.2. The zero-order valence-corrected chi connectivity index (χ0v) is 8.90. The zero-order chi connectivity index (χ0) is 10.3. The molecule has 0 radical (unpaired) electrons. The van der Waals surface area contributed by atoms with E-state index in [2.05, 4.69) is 41.6 Å². The van der Waals surface area contributed by atoms with Gasteiger partial charge in [0.05, 0.1) is 17.3 Å². The third-order valence-corrected chi connectivity index (χ3v) is 3.11. The molecule has 0 aromatic carbocycles. The van der Waals surface area contributed by atoms with Crippen molar-refractivity contribution in [3.05, 3.63) is 35.7 Å². The topological polar surface area (TPSA) is 29.3 Å². The Hall–Kier alpha value is -1.35. The summed E-state index contributed by atoms with van der Waals surface area (Å²) in [6.45, 7) is 3.21. The molecule has 78 valence electrons. The van der Waals surface area contributed by atoms with Gasteiger partial charge in [-0.1, -0.05) is 6.07 Å². The summed E-state index contributed by atoms with van der Waals surface area (Å²) >= 11 is 0. The molecule has 3 heteroatoms. The summed E-state index contributed by atoms with van der Waals surface area (Å²) in [7, 11) is 0. The first-order valence-corrected chi connectivity index (χ1v) is 5.53. The average Bonchev–Trinajstić information content (AvgIpc) is 2.86. The molecular formula is C12H15N3. The molecule has 1 aliphatic rings. The van der Waals surface area contributed by atoms with E-state index in [4.69, 9.17) is 0 Å². The van der Waals surface area contributed by atoms with Crippen LogP contribution in [0.3, 0.4) is 0 Å². The Morgan fingerprint density at radius 2 is 2.40 bits per heavy atom. The fraction of sp³-hybridized carbons (Fsp3) is 0.417. The fourth-order valence-electron chi connectivity index (χ4n) is 2.28. The minimum atomic E-state index is 0.462. The predicted octanol–water partition coefficient (Wildman–Crippen LogP) is 2.07. The first-order chi connectivity index (χ1) is 7.34. The molecule has 0 spiro atoms. The highest BCUT2D eigenvalue weighted by Crippen LogP contribution is 2.23. The molecule has 0 aliphatic carbocycles. The van der Waals surface area contributed by atoms with Gasteiger partial charge in [0.15, 0.2) is 0 Å². The van der Waals surface area contributed by atoms with Crippen molar-refractivity contribution in [1.82, 2.24) is 14.9 Å². The number of pyridine rings is 1. The summed E-state index contributed by atoms with van der Waals surface area (Å²) in [6.07, 6.45) is 2.47. The smallest absolute Gasteiger partial charge is 0.0804 e. The van der Waals surface area contributed by atoms with E-state index < -0.39 is 0 Å². The molecule has 3 heterocycles. The lowest BCUT2D eigenvalue weighted by Gasteiger charge is -2.04. The minimum Gasteiger partial charge on any atom is -0.309 e. The summed E-state index contributed by atoms with van der Waals surface area (Å²) in [5, 5.41) is 8.13. The van der Waals surface area contributed by atoms with Gasteiger partial charge in [-0.2, -0.15) is 5.10 Å². The van der Waals surface area contributed by atoms with E-state index in [0.717, 1.165) is 6.54 Å². The second-order valence-corrected chi connectivity index (χ2v) is 4.22. The maximum absolute atomic E-state index is 4.65. The number of aromatic nitrogens is 2. The van der Waals surface area contributed by atoms with Crippen LogP contribution in [0.4, 0.5) is 0 Å². The van der Waals surface area contributed by atoms with E-state index in [1.807, 2.05) is 4.52 Å². The van der Waals surface area contributed by atoms with Gasteiger partial charge in [0.2, 0.25) is 0 Å². The molecule has 3 rings (SSSR count). The molecule has 0 bridgehead atoms. The van der Waals surface area contributed by atoms with Gasteiger partial charge in [-0.15, -0.1) is 0 Å². The van der Waals surface area contributed by atoms with Crippen LogP contribution >= 0.6 is 0 Å². The van der Waals surface area contributed by atoms with Gasteiger partial charge in [-0.3, -0.25) is 0 Å². The monoisotopic (exact) mass is 201 g/mol. The molecule has 2 aromatic rings. The molecule has 1 saturated heterocycles. The van der Waals surface area contributed by atoms with Crippen LogP contribution in [-0.2, 0) is 0 Å². The predicted molar refractivity (Wildman–Crippen MR) is 59.9 cm³/mol. The number of rotatable bonds is 1. The Balaban J connectivity index is 2.09. The summed E-state index contributed by atoms with van der Waals surface area (Å²) in [5.74, 6) is 0. The Labute approximate surface area is 89.1 Å². The number of nitrogens with one attached hydrogen (secondary N) is 1. The SMILES string of the molecule is Cc1cccc2cc(C3CCCN3)nn12. The van der Waals surface area contributed by atoms with Crippen molar-refractivity contribution in [3.63, 3.8) is 0 Å². The van der Waals surface area contributed by atoms with Crippen LogP contribution in [0.5, 0.6) is 0 Å². The van der Waals surface area contributed by atoms with Gasteiger partial charge in [0.25, 0.3) is 0 Å². The van der Waals surface area contributed by atoms with Crippen molar-refractivity contribution < 1.29 is 0 Å². The van der Waals surface area contributed by atoms with Gasteiger partial charge in [0, 0.05) is 5.69 Å². The molecule has 0 amide bonds. The molecule has 1 unspecified atom stereocenters. The summed E-state index contributed by atoms with van der Waals surface area (Å²) < 4.78 is 2.02. The standard InChI is InChI=1S/C12H15N3/c1-9-4-2-5-10-8-12(14-15(9)10)11-6-3-7-13-11/h2,4-5,8,11,13H,3,6-7H2,1H3. The number of hydrogen-bond donors (Lipinski definition) is 1. The van der Waals surface area contributed by atoms with E-state index >= 15 is 0 Å². The summed E-state index contributed by atoms with van der Waals surface area (Å²) in [4.78, 5) is 0. The fourth-order valence-corrected chi connectivity index (χ4v) is 2.28. The van der Waals surface area contributed by atoms with Crippen molar-refractivity contribution in [2.45, 2.75) is 25.8 Å². The Morgan fingerprint density at radius 3 is 3.13 bits per heavy atom. The Bertz CT molecular complexity index is 481. The zero-order valence-electron chi connectivity index (χ0n) is 8.90. The highest BCUT2D eigenvalue weighted by Gasteiger charge is 2.19. The summed E-state index contributed by atoms with van der Waals surface area (Å²) in [6, 6.07) is 8.93. The quantitative estimate of drug-likeness (QED) is 0.765. The molecule has 0 saturated carbocycles. The molecule has 3 nitrogen and oxygen atoms in total. The summed E-state index contributed by atoms with van der Waals surface area (Å²) in [5.41, 5.74) is 3.57. The van der Waals surface area contributed by atoms with Crippen LogP contribution in [0.25, 0.3) is 5.52 Å². The van der Waals surface area contributed by atoms with Crippen molar-refractivity contribution in [2.75, 3.05) is 6.54 Å². The molecule has 1 fully saturated rings. The van der Waals surface area contributed by atoms with E-state index in [1.165, 1.54) is 29.7 Å². The van der Waals surface area contributed by atoms with E-state index in [1.54, 1.807) is 0 Å². The van der Waals surface area contributed by atoms with Gasteiger partial charge in [-0.05, 0) is 44.5 Å². The number of hydrogen-bond acceptors (Lipinski definition) is 2. The van der Waals surface area contributed by atoms with Crippen molar-refractivity contribution >= 4 is 5.52 Å². The molecule has 1 aliphatic heterocycles. The first kappa shape index (κ1) is 8.92. The van der Waals surface area contributed by atoms with E-state index in [-0.39, 0.29) is 0 Å². The van der Waals surface area contributed by atoms with E-state index in [0.29, 0.717) is 6.04 Å². The van der Waals surface area contributed by atoms with Crippen LogP contribution < -0.4 is 5.32 Å². The molecule has 1 atom stereocenters. The van der Waals surface area contributed by atoms with Crippen LogP contribution in [0.15, 0.2) is 24.3 Å². The Kier molecular flexibility index (Phi) is 1.99. The third-order valence-electron chi connectivity index (χ3n) is 3.11. The second-order valence-electron chi connectivity index (χ2n) is 4.22. The van der Waals surface area contributed by atoms with Gasteiger partial charge in [0.1, 0.15) is 0 Å². The first-order valence-electron chi connectivity index (χ1n) is 5.53. The lowest BCUT2D eigenvalue weighted by molar-refractivity contribution is 0.619. The van der Waals surface area contributed by atoms with E-state index in [9.17, 15) is 0 Å². The second kappa shape index (κ2) is 3.35. The van der Waals surface area contributed by atoms with Crippen LogP contribution in [0.2, 0.25) is 0 Å². The molecular weight excluding hydrogens is 186 g/mol. The van der Waals surface area contributed by atoms with Gasteiger partial charge < -0.3 is 5.32 Å². The van der Waals surface area contributed by atoms with Crippen LogP contribution in [-0.4, -0.2) is 16.2 Å². The number of fused-ring (bicyclic) bond motifs is 1.